The fourth-order valence-corrected chi connectivity index (χ4v) is 4.59. The topological polar surface area (TPSA) is 39.9 Å². The minimum absolute atomic E-state index is 0.376. The van der Waals surface area contributed by atoms with Crippen LogP contribution in [-0.2, 0) is 12.3 Å². The predicted molar refractivity (Wildman–Crippen MR) is 115 cm³/mol. The van der Waals surface area contributed by atoms with E-state index in [2.05, 4.69) is 33.8 Å². The minimum atomic E-state index is 0.376. The molecule has 0 atom stereocenters. The Morgan fingerprint density at radius 3 is 2.43 bits per heavy atom. The van der Waals surface area contributed by atoms with Crippen molar-refractivity contribution in [1.29, 1.82) is 0 Å². The maximum absolute atomic E-state index is 6.07. The summed E-state index contributed by atoms with van der Waals surface area (Å²) in [4.78, 5) is 0. The third-order valence-electron chi connectivity index (χ3n) is 5.03. The summed E-state index contributed by atoms with van der Waals surface area (Å²) < 4.78 is 8.23. The van der Waals surface area contributed by atoms with Crippen molar-refractivity contribution in [3.05, 3.63) is 59.1 Å². The van der Waals surface area contributed by atoms with E-state index >= 15 is 0 Å². The molecule has 1 aromatic heterocycles. The fourth-order valence-electron chi connectivity index (χ4n) is 3.50. The van der Waals surface area contributed by atoms with Gasteiger partial charge in [0.25, 0.3) is 0 Å². The van der Waals surface area contributed by atoms with Crippen molar-refractivity contribution in [2.24, 2.45) is 0 Å². The molecule has 1 saturated carbocycles. The number of thioether (sulfide) groups is 1. The summed E-state index contributed by atoms with van der Waals surface area (Å²) in [7, 11) is 0. The molecule has 0 amide bonds. The smallest absolute Gasteiger partial charge is 0.191 e. The molecule has 1 fully saturated rings. The lowest BCUT2D eigenvalue weighted by Gasteiger charge is -2.13. The van der Waals surface area contributed by atoms with Crippen LogP contribution in [0.25, 0.3) is 11.4 Å². The Morgan fingerprint density at radius 2 is 1.75 bits per heavy atom. The van der Waals surface area contributed by atoms with E-state index in [1.54, 1.807) is 11.8 Å². The quantitative estimate of drug-likeness (QED) is 0.430. The van der Waals surface area contributed by atoms with Crippen LogP contribution in [-0.4, -0.2) is 20.9 Å². The van der Waals surface area contributed by atoms with Crippen LogP contribution in [0.3, 0.4) is 0 Å². The highest BCUT2D eigenvalue weighted by Gasteiger charge is 2.17. The molecule has 1 aliphatic carbocycles. The molecule has 28 heavy (non-hydrogen) atoms. The van der Waals surface area contributed by atoms with Gasteiger partial charge in [0.2, 0.25) is 0 Å². The molecule has 0 bridgehead atoms. The van der Waals surface area contributed by atoms with Gasteiger partial charge in [-0.1, -0.05) is 35.5 Å². The van der Waals surface area contributed by atoms with Gasteiger partial charge in [-0.25, -0.2) is 0 Å². The maximum atomic E-state index is 6.07. The van der Waals surface area contributed by atoms with E-state index in [0.717, 1.165) is 39.6 Å². The number of hydrogen-bond donors (Lipinski definition) is 0. The van der Waals surface area contributed by atoms with Gasteiger partial charge in [-0.3, -0.25) is 0 Å². The molecule has 4 nitrogen and oxygen atoms in total. The van der Waals surface area contributed by atoms with E-state index in [-0.39, 0.29) is 0 Å². The highest BCUT2D eigenvalue weighted by atomic mass is 35.5. The van der Waals surface area contributed by atoms with Crippen LogP contribution in [0.15, 0.2) is 53.7 Å². The number of rotatable bonds is 7. The molecule has 3 aromatic rings. The van der Waals surface area contributed by atoms with Gasteiger partial charge in [0.15, 0.2) is 11.0 Å². The zero-order valence-electron chi connectivity index (χ0n) is 16.0. The van der Waals surface area contributed by atoms with Gasteiger partial charge in [0.1, 0.15) is 5.75 Å². The van der Waals surface area contributed by atoms with Gasteiger partial charge in [-0.05, 0) is 74.6 Å². The third-order valence-corrected chi connectivity index (χ3v) is 6.32. The van der Waals surface area contributed by atoms with Gasteiger partial charge >= 0.3 is 0 Å². The van der Waals surface area contributed by atoms with Crippen molar-refractivity contribution >= 4 is 23.4 Å². The second-order valence-corrected chi connectivity index (χ2v) is 8.39. The third kappa shape index (κ3) is 4.53. The number of ether oxygens (including phenoxy) is 1. The molecule has 0 radical (unpaired) electrons. The van der Waals surface area contributed by atoms with Crippen molar-refractivity contribution in [2.75, 3.05) is 0 Å². The Labute approximate surface area is 175 Å². The predicted octanol–water partition coefficient (Wildman–Crippen LogP) is 6.23. The van der Waals surface area contributed by atoms with Crippen LogP contribution >= 0.6 is 23.4 Å². The van der Waals surface area contributed by atoms with Gasteiger partial charge in [-0.2, -0.15) is 0 Å². The Hall–Kier alpha value is -1.98. The summed E-state index contributed by atoms with van der Waals surface area (Å²) in [6.07, 6.45) is 5.26. The number of aromatic nitrogens is 3. The molecule has 0 spiro atoms. The summed E-state index contributed by atoms with van der Waals surface area (Å²) in [6, 6.07) is 16.2. The molecule has 1 heterocycles. The maximum Gasteiger partial charge on any atom is 0.191 e. The lowest BCUT2D eigenvalue weighted by atomic mass is 10.2. The van der Waals surface area contributed by atoms with Gasteiger partial charge in [0, 0.05) is 22.9 Å². The summed E-state index contributed by atoms with van der Waals surface area (Å²) in [5.74, 6) is 2.67. The molecule has 0 N–H and O–H groups in total. The Kier molecular flexibility index (Phi) is 6.23. The average molecular weight is 414 g/mol. The Morgan fingerprint density at radius 1 is 1.04 bits per heavy atom. The lowest BCUT2D eigenvalue weighted by molar-refractivity contribution is 0.210. The number of hydrogen-bond acceptors (Lipinski definition) is 4. The van der Waals surface area contributed by atoms with Crippen LogP contribution < -0.4 is 4.74 Å². The van der Waals surface area contributed by atoms with Crippen molar-refractivity contribution in [3.8, 4) is 17.1 Å². The molecule has 4 rings (SSSR count). The molecule has 0 saturated heterocycles. The SMILES string of the molecule is CCn1c(SCc2ccc(Cl)cc2)nnc1-c1ccc(OC2CCCC2)cc1. The molecule has 0 unspecified atom stereocenters. The summed E-state index contributed by atoms with van der Waals surface area (Å²) in [5.41, 5.74) is 2.28. The van der Waals surface area contributed by atoms with Gasteiger partial charge < -0.3 is 9.30 Å². The van der Waals surface area contributed by atoms with Gasteiger partial charge in [-0.15, -0.1) is 10.2 Å². The van der Waals surface area contributed by atoms with E-state index < -0.39 is 0 Å². The van der Waals surface area contributed by atoms with E-state index in [1.165, 1.54) is 31.2 Å². The van der Waals surface area contributed by atoms with Crippen LogP contribution in [0.1, 0.15) is 38.2 Å². The molecule has 146 valence electrons. The first-order valence-corrected chi connectivity index (χ1v) is 11.2. The summed E-state index contributed by atoms with van der Waals surface area (Å²) >= 11 is 7.66. The molecule has 0 aliphatic heterocycles. The first-order valence-electron chi connectivity index (χ1n) is 9.80. The van der Waals surface area contributed by atoms with E-state index in [0.29, 0.717) is 6.10 Å². The van der Waals surface area contributed by atoms with Crippen molar-refractivity contribution in [1.82, 2.24) is 14.8 Å². The summed E-state index contributed by atoms with van der Waals surface area (Å²) in [5, 5.41) is 10.6. The first-order chi connectivity index (χ1) is 13.7. The van der Waals surface area contributed by atoms with Crippen molar-refractivity contribution < 1.29 is 4.74 Å². The molecule has 6 heteroatoms. The highest BCUT2D eigenvalue weighted by molar-refractivity contribution is 7.98. The fraction of sp³-hybridized carbons (Fsp3) is 0.364. The van der Waals surface area contributed by atoms with E-state index in [9.17, 15) is 0 Å². The Bertz CT molecular complexity index is 903. The normalized spacial score (nSPS) is 14.5. The highest BCUT2D eigenvalue weighted by Crippen LogP contribution is 2.29. The minimum Gasteiger partial charge on any atom is -0.490 e. The number of nitrogens with zero attached hydrogens (tertiary/aromatic N) is 3. The average Bonchev–Trinajstić information content (AvgIpc) is 3.37. The van der Waals surface area contributed by atoms with Crippen LogP contribution in [0, 0.1) is 0 Å². The second kappa shape index (κ2) is 9.01. The number of halogens is 1. The molecular weight excluding hydrogens is 390 g/mol. The first kappa shape index (κ1) is 19.3. The van der Waals surface area contributed by atoms with E-state index in [4.69, 9.17) is 16.3 Å². The largest absolute Gasteiger partial charge is 0.490 e. The van der Waals surface area contributed by atoms with Crippen LogP contribution in [0.4, 0.5) is 0 Å². The van der Waals surface area contributed by atoms with Crippen molar-refractivity contribution in [3.63, 3.8) is 0 Å². The molecular formula is C22H24ClN3OS. The molecule has 1 aliphatic rings. The van der Waals surface area contributed by atoms with Gasteiger partial charge in [0.05, 0.1) is 6.10 Å². The van der Waals surface area contributed by atoms with Crippen LogP contribution in [0.5, 0.6) is 5.75 Å². The van der Waals surface area contributed by atoms with Crippen LogP contribution in [0.2, 0.25) is 5.02 Å². The zero-order valence-corrected chi connectivity index (χ0v) is 17.5. The van der Waals surface area contributed by atoms with Crippen molar-refractivity contribution in [2.45, 2.75) is 56.2 Å². The zero-order chi connectivity index (χ0) is 19.3. The lowest BCUT2D eigenvalue weighted by Crippen LogP contribution is -2.10. The van der Waals surface area contributed by atoms with E-state index in [1.807, 2.05) is 36.4 Å². The molecule has 2 aromatic carbocycles. The standard InChI is InChI=1S/C22H24ClN3OS/c1-2-26-21(17-9-13-20(14-10-17)27-19-5-3-4-6-19)24-25-22(26)28-15-16-7-11-18(23)12-8-16/h7-14,19H,2-6,15H2,1H3. The Balaban J connectivity index is 1.46. The second-order valence-electron chi connectivity index (χ2n) is 7.01. The summed E-state index contributed by atoms with van der Waals surface area (Å²) in [6.45, 7) is 2.95. The monoisotopic (exact) mass is 413 g/mol. The number of benzene rings is 2.